The number of urea groups is 1. The molecular formula is C19H23N3O3. The number of carbonyl (C=O) groups is 3. The third kappa shape index (κ3) is 2.69. The average Bonchev–Trinajstić information content (AvgIpc) is 3.10. The van der Waals surface area contributed by atoms with Crippen molar-refractivity contribution < 1.29 is 14.4 Å². The van der Waals surface area contributed by atoms with Crippen LogP contribution in [-0.2, 0) is 21.5 Å². The van der Waals surface area contributed by atoms with Crippen LogP contribution >= 0.6 is 0 Å². The van der Waals surface area contributed by atoms with Gasteiger partial charge in [0.15, 0.2) is 0 Å². The van der Waals surface area contributed by atoms with Gasteiger partial charge in [0.2, 0.25) is 5.91 Å². The molecule has 4 rings (SSSR count). The minimum Gasteiger partial charge on any atom is -0.352 e. The lowest BCUT2D eigenvalue weighted by Gasteiger charge is -2.24. The van der Waals surface area contributed by atoms with Crippen molar-refractivity contribution in [2.45, 2.75) is 56.5 Å². The topological polar surface area (TPSA) is 78.5 Å². The van der Waals surface area contributed by atoms with Crippen molar-refractivity contribution in [3.8, 4) is 0 Å². The van der Waals surface area contributed by atoms with Crippen molar-refractivity contribution >= 4 is 17.8 Å². The summed E-state index contributed by atoms with van der Waals surface area (Å²) in [6, 6.07) is 7.40. The summed E-state index contributed by atoms with van der Waals surface area (Å²) in [5.74, 6) is -0.556. The molecule has 1 heterocycles. The lowest BCUT2D eigenvalue weighted by Crippen LogP contribution is -2.46. The maximum absolute atomic E-state index is 13.0. The van der Waals surface area contributed by atoms with Gasteiger partial charge in [0.05, 0.1) is 0 Å². The van der Waals surface area contributed by atoms with Crippen LogP contribution in [0.2, 0.25) is 0 Å². The highest BCUT2D eigenvalue weighted by atomic mass is 16.2. The van der Waals surface area contributed by atoms with Crippen molar-refractivity contribution in [1.82, 2.24) is 15.5 Å². The highest BCUT2D eigenvalue weighted by Crippen LogP contribution is 2.41. The van der Waals surface area contributed by atoms with Crippen LogP contribution in [0.25, 0.3) is 0 Å². The Balaban J connectivity index is 1.48. The van der Waals surface area contributed by atoms with Gasteiger partial charge in [-0.15, -0.1) is 0 Å². The summed E-state index contributed by atoms with van der Waals surface area (Å²) in [4.78, 5) is 38.8. The second-order valence-corrected chi connectivity index (χ2v) is 7.29. The molecule has 1 saturated carbocycles. The molecule has 1 spiro atoms. The average molecular weight is 341 g/mol. The van der Waals surface area contributed by atoms with Crippen molar-refractivity contribution in [3.05, 3.63) is 35.4 Å². The summed E-state index contributed by atoms with van der Waals surface area (Å²) in [5.41, 5.74) is 0.965. The van der Waals surface area contributed by atoms with Crippen molar-refractivity contribution in [2.24, 2.45) is 0 Å². The normalized spacial score (nSPS) is 26.0. The predicted octanol–water partition coefficient (Wildman–Crippen LogP) is 1.83. The molecule has 25 heavy (non-hydrogen) atoms. The van der Waals surface area contributed by atoms with Gasteiger partial charge in [0, 0.05) is 6.04 Å². The Hall–Kier alpha value is -2.37. The number of rotatable bonds is 3. The van der Waals surface area contributed by atoms with E-state index in [1.807, 2.05) is 24.3 Å². The van der Waals surface area contributed by atoms with Crippen LogP contribution in [0.15, 0.2) is 24.3 Å². The lowest BCUT2D eigenvalue weighted by atomic mass is 9.92. The Kier molecular flexibility index (Phi) is 3.98. The number of aryl methyl sites for hydroxylation is 1. The van der Waals surface area contributed by atoms with Gasteiger partial charge in [-0.1, -0.05) is 43.5 Å². The molecule has 3 aliphatic rings. The predicted molar refractivity (Wildman–Crippen MR) is 91.7 cm³/mol. The van der Waals surface area contributed by atoms with Gasteiger partial charge < -0.3 is 10.6 Å². The molecule has 6 heteroatoms. The zero-order valence-electron chi connectivity index (χ0n) is 14.2. The quantitative estimate of drug-likeness (QED) is 0.823. The molecule has 132 valence electrons. The summed E-state index contributed by atoms with van der Waals surface area (Å²) in [7, 11) is 0. The molecule has 1 atom stereocenters. The van der Waals surface area contributed by atoms with Crippen LogP contribution in [0.4, 0.5) is 4.79 Å². The van der Waals surface area contributed by atoms with Gasteiger partial charge in [0.1, 0.15) is 12.1 Å². The van der Waals surface area contributed by atoms with Gasteiger partial charge in [-0.05, 0) is 36.8 Å². The van der Waals surface area contributed by atoms with Gasteiger partial charge in [-0.25, -0.2) is 4.79 Å². The van der Waals surface area contributed by atoms with Crippen molar-refractivity contribution in [2.75, 3.05) is 6.54 Å². The molecule has 2 fully saturated rings. The van der Waals surface area contributed by atoms with Crippen molar-refractivity contribution in [3.63, 3.8) is 0 Å². The van der Waals surface area contributed by atoms with Crippen LogP contribution < -0.4 is 10.6 Å². The van der Waals surface area contributed by atoms with Crippen molar-refractivity contribution in [1.29, 1.82) is 0 Å². The van der Waals surface area contributed by atoms with Gasteiger partial charge in [0.25, 0.3) is 5.91 Å². The van der Waals surface area contributed by atoms with Crippen LogP contribution in [0, 0.1) is 0 Å². The summed E-state index contributed by atoms with van der Waals surface area (Å²) in [5, 5.41) is 5.82. The molecule has 1 saturated heterocycles. The Labute approximate surface area is 147 Å². The van der Waals surface area contributed by atoms with E-state index in [1.165, 1.54) is 6.42 Å². The first kappa shape index (κ1) is 16.1. The van der Waals surface area contributed by atoms with E-state index < -0.39 is 11.6 Å². The summed E-state index contributed by atoms with van der Waals surface area (Å²) in [6.45, 7) is -0.203. The smallest absolute Gasteiger partial charge is 0.325 e. The summed E-state index contributed by atoms with van der Waals surface area (Å²) in [6.07, 6.45) is 6.71. The molecule has 0 aromatic heterocycles. The molecular weight excluding hydrogens is 318 g/mol. The summed E-state index contributed by atoms with van der Waals surface area (Å²) < 4.78 is 0. The van der Waals surface area contributed by atoms with Crippen LogP contribution in [-0.4, -0.2) is 35.3 Å². The van der Waals surface area contributed by atoms with Gasteiger partial charge in [-0.3, -0.25) is 14.5 Å². The number of fused-ring (bicyclic) bond motifs is 2. The maximum Gasteiger partial charge on any atom is 0.325 e. The summed E-state index contributed by atoms with van der Waals surface area (Å²) >= 11 is 0. The van der Waals surface area contributed by atoms with Crippen LogP contribution in [0.3, 0.4) is 0 Å². The number of nitrogens with zero attached hydrogens (tertiary/aromatic N) is 1. The lowest BCUT2D eigenvalue weighted by molar-refractivity contribution is -0.135. The first-order valence-corrected chi connectivity index (χ1v) is 9.12. The first-order chi connectivity index (χ1) is 12.1. The monoisotopic (exact) mass is 341 g/mol. The van der Waals surface area contributed by atoms with E-state index in [-0.39, 0.29) is 24.4 Å². The third-order valence-electron chi connectivity index (χ3n) is 5.69. The molecule has 0 bridgehead atoms. The Morgan fingerprint density at radius 1 is 1.20 bits per heavy atom. The number of imide groups is 1. The van der Waals surface area contributed by atoms with Gasteiger partial charge >= 0.3 is 6.03 Å². The fraction of sp³-hybridized carbons (Fsp3) is 0.526. The second-order valence-electron chi connectivity index (χ2n) is 7.29. The number of amides is 4. The Bertz CT molecular complexity index is 726. The van der Waals surface area contributed by atoms with E-state index in [0.29, 0.717) is 6.42 Å². The molecule has 6 nitrogen and oxygen atoms in total. The molecule has 1 aromatic rings. The first-order valence-electron chi connectivity index (χ1n) is 9.12. The number of nitrogens with one attached hydrogen (secondary N) is 2. The van der Waals surface area contributed by atoms with E-state index in [0.717, 1.165) is 48.1 Å². The third-order valence-corrected chi connectivity index (χ3v) is 5.69. The number of hydrogen-bond acceptors (Lipinski definition) is 3. The van der Waals surface area contributed by atoms with E-state index >= 15 is 0 Å². The molecule has 4 amide bonds. The second kappa shape index (κ2) is 6.17. The molecule has 2 N–H and O–H groups in total. The van der Waals surface area contributed by atoms with Crippen LogP contribution in [0.5, 0.6) is 0 Å². The standard InChI is InChI=1S/C19H23N3O3/c23-16(20-14-7-2-1-3-8-14)12-22-17(24)19(21-18(22)25)11-10-13-6-4-5-9-15(13)19/h4-6,9,14H,1-3,7-8,10-12H2,(H,20,23)(H,21,25). The number of carbonyl (C=O) groups excluding carboxylic acids is 3. The van der Waals surface area contributed by atoms with E-state index in [1.54, 1.807) is 0 Å². The highest BCUT2D eigenvalue weighted by molar-refractivity contribution is 6.09. The number of hydrogen-bond donors (Lipinski definition) is 2. The Morgan fingerprint density at radius 3 is 2.76 bits per heavy atom. The molecule has 0 radical (unpaired) electrons. The SMILES string of the molecule is O=C(CN1C(=O)NC2(CCc3ccccc32)C1=O)NC1CCCCC1. The molecule has 1 unspecified atom stereocenters. The fourth-order valence-electron chi connectivity index (χ4n) is 4.40. The zero-order valence-corrected chi connectivity index (χ0v) is 14.2. The highest BCUT2D eigenvalue weighted by Gasteiger charge is 2.55. The largest absolute Gasteiger partial charge is 0.352 e. The van der Waals surface area contributed by atoms with E-state index in [9.17, 15) is 14.4 Å². The van der Waals surface area contributed by atoms with Gasteiger partial charge in [-0.2, -0.15) is 0 Å². The van der Waals surface area contributed by atoms with E-state index in [2.05, 4.69) is 10.6 Å². The zero-order chi connectivity index (χ0) is 17.4. The minimum atomic E-state index is -0.987. The Morgan fingerprint density at radius 2 is 1.96 bits per heavy atom. The molecule has 1 aliphatic heterocycles. The molecule has 1 aromatic carbocycles. The van der Waals surface area contributed by atoms with E-state index in [4.69, 9.17) is 0 Å². The maximum atomic E-state index is 13.0. The molecule has 2 aliphatic carbocycles. The fourth-order valence-corrected chi connectivity index (χ4v) is 4.40. The number of benzene rings is 1. The van der Waals surface area contributed by atoms with Crippen LogP contribution in [0.1, 0.15) is 49.7 Å². The minimum absolute atomic E-state index is 0.170.